The Bertz CT molecular complexity index is 685. The van der Waals surface area contributed by atoms with E-state index in [1.165, 1.54) is 19.3 Å². The van der Waals surface area contributed by atoms with Crippen LogP contribution >= 0.6 is 0 Å². The molecule has 0 aliphatic rings. The van der Waals surface area contributed by atoms with Crippen molar-refractivity contribution < 1.29 is 19.7 Å². The zero-order chi connectivity index (χ0) is 15.4. The van der Waals surface area contributed by atoms with Gasteiger partial charge in [0.05, 0.1) is 12.7 Å². The van der Waals surface area contributed by atoms with Gasteiger partial charge in [-0.05, 0) is 42.8 Å². The molecule has 0 unspecified atom stereocenters. The lowest BCUT2D eigenvalue weighted by atomic mass is 10.0. The molecule has 0 saturated heterocycles. The van der Waals surface area contributed by atoms with Gasteiger partial charge in [-0.1, -0.05) is 18.2 Å². The zero-order valence-electron chi connectivity index (χ0n) is 11.8. The maximum Gasteiger partial charge on any atom is 0.189 e. The fourth-order valence-corrected chi connectivity index (χ4v) is 1.95. The van der Waals surface area contributed by atoms with Crippen molar-refractivity contribution in [1.82, 2.24) is 0 Å². The van der Waals surface area contributed by atoms with Crippen molar-refractivity contribution in [2.24, 2.45) is 0 Å². The second-order valence-electron chi connectivity index (χ2n) is 4.58. The lowest BCUT2D eigenvalue weighted by molar-refractivity contribution is 0.104. The number of phenols is 2. The quantitative estimate of drug-likeness (QED) is 0.667. The summed E-state index contributed by atoms with van der Waals surface area (Å²) in [7, 11) is 1.51. The van der Waals surface area contributed by atoms with E-state index in [0.29, 0.717) is 11.3 Å². The predicted molar refractivity (Wildman–Crippen MR) is 80.9 cm³/mol. The van der Waals surface area contributed by atoms with Crippen molar-refractivity contribution in [3.8, 4) is 17.2 Å². The molecule has 0 heterocycles. The van der Waals surface area contributed by atoms with E-state index in [-0.39, 0.29) is 22.8 Å². The number of hydrogen-bond acceptors (Lipinski definition) is 4. The molecule has 0 spiro atoms. The maximum atomic E-state index is 12.1. The number of hydrogen-bond donors (Lipinski definition) is 2. The van der Waals surface area contributed by atoms with Crippen molar-refractivity contribution in [2.75, 3.05) is 7.11 Å². The van der Waals surface area contributed by atoms with Crippen LogP contribution in [-0.2, 0) is 0 Å². The number of benzene rings is 2. The minimum Gasteiger partial charge on any atom is -0.508 e. The molecule has 0 aromatic heterocycles. The molecule has 2 aromatic rings. The van der Waals surface area contributed by atoms with Crippen LogP contribution < -0.4 is 4.74 Å². The summed E-state index contributed by atoms with van der Waals surface area (Å²) in [6.45, 7) is 1.69. The van der Waals surface area contributed by atoms with Gasteiger partial charge in [-0.25, -0.2) is 0 Å². The van der Waals surface area contributed by atoms with Crippen LogP contribution in [0.1, 0.15) is 21.5 Å². The van der Waals surface area contributed by atoms with Gasteiger partial charge in [0.15, 0.2) is 5.78 Å². The SMILES string of the molecule is COc1ccc(C(=O)C=Cc2ccc(O)cc2)c(O)c1C. The zero-order valence-corrected chi connectivity index (χ0v) is 11.8. The first-order valence-electron chi connectivity index (χ1n) is 6.41. The van der Waals surface area contributed by atoms with Crippen LogP contribution in [-0.4, -0.2) is 23.1 Å². The summed E-state index contributed by atoms with van der Waals surface area (Å²) < 4.78 is 5.09. The first-order chi connectivity index (χ1) is 10.0. The molecule has 21 heavy (non-hydrogen) atoms. The van der Waals surface area contributed by atoms with E-state index in [1.54, 1.807) is 43.3 Å². The lowest BCUT2D eigenvalue weighted by Gasteiger charge is -2.09. The summed E-state index contributed by atoms with van der Waals surface area (Å²) in [4.78, 5) is 12.1. The Kier molecular flexibility index (Phi) is 4.28. The smallest absolute Gasteiger partial charge is 0.189 e. The molecule has 0 aliphatic carbocycles. The van der Waals surface area contributed by atoms with Crippen LogP contribution in [0.4, 0.5) is 0 Å². The molecule has 108 valence electrons. The normalized spacial score (nSPS) is 10.8. The Morgan fingerprint density at radius 1 is 1.10 bits per heavy atom. The van der Waals surface area contributed by atoms with Crippen molar-refractivity contribution in [2.45, 2.75) is 6.92 Å². The van der Waals surface area contributed by atoms with Gasteiger partial charge in [0.25, 0.3) is 0 Å². The Labute approximate surface area is 122 Å². The molecule has 4 nitrogen and oxygen atoms in total. The molecule has 0 saturated carbocycles. The highest BCUT2D eigenvalue weighted by molar-refractivity contribution is 6.09. The number of aromatic hydroxyl groups is 2. The third kappa shape index (κ3) is 3.23. The number of methoxy groups -OCH3 is 1. The van der Waals surface area contributed by atoms with Gasteiger partial charge in [0, 0.05) is 5.56 Å². The average Bonchev–Trinajstić information content (AvgIpc) is 2.49. The van der Waals surface area contributed by atoms with Crippen molar-refractivity contribution >= 4 is 11.9 Å². The van der Waals surface area contributed by atoms with E-state index in [0.717, 1.165) is 5.56 Å². The van der Waals surface area contributed by atoms with Gasteiger partial charge >= 0.3 is 0 Å². The second-order valence-corrected chi connectivity index (χ2v) is 4.58. The van der Waals surface area contributed by atoms with Crippen LogP contribution in [0, 0.1) is 6.92 Å². The largest absolute Gasteiger partial charge is 0.508 e. The van der Waals surface area contributed by atoms with Crippen LogP contribution in [0.2, 0.25) is 0 Å². The number of carbonyl (C=O) groups is 1. The van der Waals surface area contributed by atoms with Crippen LogP contribution in [0.3, 0.4) is 0 Å². The first-order valence-corrected chi connectivity index (χ1v) is 6.41. The number of phenolic OH excluding ortho intramolecular Hbond substituents is 2. The van der Waals surface area contributed by atoms with E-state index < -0.39 is 0 Å². The van der Waals surface area contributed by atoms with Gasteiger partial charge in [-0.2, -0.15) is 0 Å². The number of ether oxygens (including phenoxy) is 1. The molecule has 0 radical (unpaired) electrons. The molecule has 2 aromatic carbocycles. The highest BCUT2D eigenvalue weighted by Crippen LogP contribution is 2.30. The summed E-state index contributed by atoms with van der Waals surface area (Å²) in [5.74, 6) is 0.328. The summed E-state index contributed by atoms with van der Waals surface area (Å²) >= 11 is 0. The Morgan fingerprint density at radius 3 is 2.38 bits per heavy atom. The minimum absolute atomic E-state index is 0.0743. The number of allylic oxidation sites excluding steroid dienone is 1. The van der Waals surface area contributed by atoms with Gasteiger partial charge in [-0.15, -0.1) is 0 Å². The minimum atomic E-state index is -0.300. The first kappa shape index (κ1) is 14.7. The predicted octanol–water partition coefficient (Wildman–Crippen LogP) is 3.31. The molecule has 0 atom stereocenters. The van der Waals surface area contributed by atoms with Gasteiger partial charge < -0.3 is 14.9 Å². The molecular weight excluding hydrogens is 268 g/mol. The molecule has 0 aliphatic heterocycles. The van der Waals surface area contributed by atoms with E-state index in [1.807, 2.05) is 0 Å². The highest BCUT2D eigenvalue weighted by Gasteiger charge is 2.13. The monoisotopic (exact) mass is 284 g/mol. The number of ketones is 1. The topological polar surface area (TPSA) is 66.8 Å². The molecule has 2 N–H and O–H groups in total. The molecule has 2 rings (SSSR count). The fourth-order valence-electron chi connectivity index (χ4n) is 1.95. The van der Waals surface area contributed by atoms with E-state index in [9.17, 15) is 15.0 Å². The number of rotatable bonds is 4. The molecular formula is C17H16O4. The van der Waals surface area contributed by atoms with Gasteiger partial charge in [-0.3, -0.25) is 4.79 Å². The fraction of sp³-hybridized carbons (Fsp3) is 0.118. The van der Waals surface area contributed by atoms with Gasteiger partial charge in [0.1, 0.15) is 17.2 Å². The summed E-state index contributed by atoms with van der Waals surface area (Å²) in [5.41, 5.74) is 1.54. The molecule has 0 bridgehead atoms. The lowest BCUT2D eigenvalue weighted by Crippen LogP contribution is -1.98. The molecule has 0 fully saturated rings. The Balaban J connectivity index is 2.24. The van der Waals surface area contributed by atoms with Crippen molar-refractivity contribution in [3.05, 3.63) is 59.2 Å². The average molecular weight is 284 g/mol. The second kappa shape index (κ2) is 6.13. The summed E-state index contributed by atoms with van der Waals surface area (Å²) in [6.07, 6.45) is 3.01. The van der Waals surface area contributed by atoms with Crippen LogP contribution in [0.15, 0.2) is 42.5 Å². The van der Waals surface area contributed by atoms with Crippen molar-refractivity contribution in [3.63, 3.8) is 0 Å². The van der Waals surface area contributed by atoms with Crippen LogP contribution in [0.25, 0.3) is 6.08 Å². The van der Waals surface area contributed by atoms with E-state index >= 15 is 0 Å². The van der Waals surface area contributed by atoms with Crippen molar-refractivity contribution in [1.29, 1.82) is 0 Å². The Morgan fingerprint density at radius 2 is 1.76 bits per heavy atom. The summed E-state index contributed by atoms with van der Waals surface area (Å²) in [5, 5.41) is 19.2. The highest BCUT2D eigenvalue weighted by atomic mass is 16.5. The molecule has 4 heteroatoms. The van der Waals surface area contributed by atoms with E-state index in [4.69, 9.17) is 4.74 Å². The third-order valence-electron chi connectivity index (χ3n) is 3.19. The van der Waals surface area contributed by atoms with Gasteiger partial charge in [0.2, 0.25) is 0 Å². The molecule has 0 amide bonds. The summed E-state index contributed by atoms with van der Waals surface area (Å²) in [6, 6.07) is 9.65. The standard InChI is InChI=1S/C17H16O4/c1-11-16(21-2)10-8-14(17(11)20)15(19)9-5-12-3-6-13(18)7-4-12/h3-10,18,20H,1-2H3. The van der Waals surface area contributed by atoms with E-state index in [2.05, 4.69) is 0 Å². The van der Waals surface area contributed by atoms with Crippen LogP contribution in [0.5, 0.6) is 17.2 Å². The third-order valence-corrected chi connectivity index (χ3v) is 3.19. The Hall–Kier alpha value is -2.75. The maximum absolute atomic E-state index is 12.1. The number of carbonyl (C=O) groups excluding carboxylic acids is 1.